The number of hydrazone groups is 1. The molecule has 0 aromatic heterocycles. The number of thioether (sulfide) groups is 1. The molecule has 4 fully saturated rings. The van der Waals surface area contributed by atoms with Gasteiger partial charge in [0.2, 0.25) is 34.9 Å². The molecule has 2 aliphatic carbocycles. The summed E-state index contributed by atoms with van der Waals surface area (Å²) in [6, 6.07) is 5.36. The minimum atomic E-state index is -2.23. The van der Waals surface area contributed by atoms with Gasteiger partial charge in [-0.15, -0.1) is 0 Å². The molecule has 8 rings (SSSR count). The van der Waals surface area contributed by atoms with Crippen molar-refractivity contribution in [2.75, 3.05) is 61.1 Å². The van der Waals surface area contributed by atoms with Crippen molar-refractivity contribution in [1.82, 2.24) is 21.1 Å². The Labute approximate surface area is 640 Å². The van der Waals surface area contributed by atoms with Gasteiger partial charge in [-0.2, -0.15) is 10.6 Å². The van der Waals surface area contributed by atoms with Crippen LogP contribution in [-0.4, -0.2) is 252 Å². The van der Waals surface area contributed by atoms with Crippen LogP contribution < -0.4 is 40.9 Å². The Balaban J connectivity index is 1.02. The molecule has 34 heteroatoms. The molecule has 0 saturated carbocycles. The number of benzene rings is 2. The van der Waals surface area contributed by atoms with Gasteiger partial charge < -0.3 is 97.7 Å². The fourth-order valence-electron chi connectivity index (χ4n) is 13.2. The van der Waals surface area contributed by atoms with Crippen LogP contribution in [0.3, 0.4) is 0 Å². The third-order valence-corrected chi connectivity index (χ3v) is 23.5. The normalized spacial score (nSPS) is 30.7. The number of hydrogen-bond donors (Lipinski definition) is 9. The number of methoxy groups -OCH3 is 5. The fourth-order valence-corrected chi connectivity index (χ4v) is 16.7. The van der Waals surface area contributed by atoms with E-state index < -0.39 is 149 Å². The number of alkyl carbamates (subject to hydrolysis) is 1. The Morgan fingerprint density at radius 1 is 0.843 bits per heavy atom. The number of ketones is 1. The summed E-state index contributed by atoms with van der Waals surface area (Å²) in [6.45, 7) is 17.6. The smallest absolute Gasteiger partial charge is 0.411 e. The number of nitrogens with zero attached hydrogens (tertiary/aromatic N) is 2. The third-order valence-electron chi connectivity index (χ3n) is 19.0. The van der Waals surface area contributed by atoms with Gasteiger partial charge in [0.05, 0.1) is 106 Å². The number of allylic oxidation sites excluding steroid dienone is 3. The molecule has 0 radical (unpaired) electrons. The van der Waals surface area contributed by atoms with Crippen molar-refractivity contribution in [2.24, 2.45) is 10.8 Å². The van der Waals surface area contributed by atoms with Gasteiger partial charge >= 0.3 is 6.09 Å². The molecule has 6 aliphatic rings. The van der Waals surface area contributed by atoms with Crippen LogP contribution in [0.15, 0.2) is 64.4 Å². The van der Waals surface area contributed by atoms with Gasteiger partial charge in [0, 0.05) is 75.0 Å². The van der Waals surface area contributed by atoms with Gasteiger partial charge in [0.25, 0.3) is 0 Å². The van der Waals surface area contributed by atoms with E-state index in [4.69, 9.17) is 72.2 Å². The second kappa shape index (κ2) is 39.3. The predicted octanol–water partition coefficient (Wildman–Crippen LogP) is 4.23. The summed E-state index contributed by atoms with van der Waals surface area (Å²) in [7, 11) is 9.29. The second-order valence-corrected chi connectivity index (χ2v) is 31.2. The van der Waals surface area contributed by atoms with Gasteiger partial charge in [-0.25, -0.2) is 10.2 Å². The van der Waals surface area contributed by atoms with E-state index >= 15 is 0 Å². The largest absolute Gasteiger partial charge is 0.494 e. The summed E-state index contributed by atoms with van der Waals surface area (Å²) < 4.78 is 77.8. The maximum absolute atomic E-state index is 14.6. The van der Waals surface area contributed by atoms with E-state index in [-0.39, 0.29) is 89.5 Å². The average molecular weight is 1570 g/mol. The number of fused-ring (bicyclic) bond motifs is 2. The van der Waals surface area contributed by atoms with Crippen LogP contribution >= 0.6 is 33.3 Å². The number of rotatable bonds is 31. The molecule has 2 aromatic rings. The Hall–Kier alpha value is -6.88. The fraction of sp³-hybridized carbons (Fsp3) is 0.608. The van der Waals surface area contributed by atoms with Crippen molar-refractivity contribution in [1.29, 1.82) is 0 Å². The number of hydroxylamine groups is 1. The molecule has 0 spiro atoms. The number of likely N-dealkylation sites (N-methyl/N-ethyl adjacent to an activating group) is 1. The van der Waals surface area contributed by atoms with Gasteiger partial charge in [-0.1, -0.05) is 63.1 Å². The maximum Gasteiger partial charge on any atom is 0.411 e. The number of amides is 4. The van der Waals surface area contributed by atoms with Gasteiger partial charge in [0.1, 0.15) is 42.4 Å². The number of nitrogens with two attached hydrogens (primary N) is 1. The molecular weight excluding hydrogens is 1470 g/mol. The van der Waals surface area contributed by atoms with Gasteiger partial charge in [-0.05, 0) is 122 Å². The number of aliphatic hydroxyl groups is 5. The quantitative estimate of drug-likeness (QED) is 0.0168. The monoisotopic (exact) mass is 1570 g/mol. The number of carbonyl (C=O) groups is 6. The lowest BCUT2D eigenvalue weighted by atomic mass is 9.75. The zero-order chi connectivity index (χ0) is 79.1. The SMILES string of the molecule is CCN(C(C)=O)[C@H]1CO[C@@H](O[C@H]2[C@H](O[C@@H]3C#C/C=C\C#C[C@]4(O)CC(=O)C(NC(=O)OC)=C3/C4=C\CSSC(C)(C)CC(=O)N/N=C(\C)c3ccc(OCCCC(N)=O)cc3)O[C@H](C)[C@@H](NO[C@H]3C[C@H](O)[C@H](SC(=O)c4c(C)c(C)c(O[C@@H]5O[C@@H](C)[C@H](O)[C@@H](OC)[C@H]5O)c(OC)c4OC)[C@@H](C)O3)[C@@H]2O)C[C@@H]1OC. The van der Waals surface area contributed by atoms with E-state index in [1.807, 2.05) is 20.8 Å². The molecule has 2 aromatic carbocycles. The standard InChI is InChI=1S/C74H100N6O25S3/c1-16-80(43(8)81)47-36-98-54(33-51(47)92-11)103-66-61(87)58(79-105-55-32-48(82)68(42(7)99-55)107-69(89)56-37(2)38(3)63(67(95-14)64(56)93-12)104-70-62(88)65(94-13)60(86)41(6)101-70)40(5)100-71(66)102-50-22-19-17-18-20-29-74(91)34-49(83)59(76-72(90)96-15)57(50)46(74)28-31-106-108-73(9,10)35-53(85)78-77-39(4)44-24-26-45(27-25-44)97-30-21-23-52(75)84/h17-18,24-28,40-42,47-48,50-51,54-55,58,60-62,65-66,68,70-71,79,82,86-88,91H,16,21,23,30-36H2,1-15H3,(H2,75,84)(H,76,90)(H,78,85)/b18-17-,46-28+,77-39+/t40-,41+,42-,47+,48+,50-,51+,54+,55+,58-,60+,61+,62-,65-,66-,68-,70+,71+,74+/m1/s1. The molecule has 594 valence electrons. The first kappa shape index (κ1) is 86.7. The molecule has 4 amide bonds. The molecule has 108 heavy (non-hydrogen) atoms. The highest BCUT2D eigenvalue weighted by Crippen LogP contribution is 2.49. The third kappa shape index (κ3) is 21.4. The topological polar surface area (TPSA) is 411 Å². The maximum atomic E-state index is 14.6. The molecule has 4 heterocycles. The van der Waals surface area contributed by atoms with E-state index in [9.17, 15) is 54.3 Å². The lowest BCUT2D eigenvalue weighted by molar-refractivity contribution is -0.337. The summed E-state index contributed by atoms with van der Waals surface area (Å²) in [5.74, 6) is 10.5. The first-order chi connectivity index (χ1) is 51.3. The summed E-state index contributed by atoms with van der Waals surface area (Å²) in [5, 5.41) is 64.6. The highest BCUT2D eigenvalue weighted by atomic mass is 33.1. The van der Waals surface area contributed by atoms with E-state index in [1.165, 1.54) is 69.1 Å². The first-order valence-electron chi connectivity index (χ1n) is 35.2. The summed E-state index contributed by atoms with van der Waals surface area (Å²) in [4.78, 5) is 87.5. The Bertz CT molecular complexity index is 3790. The molecule has 2 bridgehead atoms. The Morgan fingerprint density at radius 3 is 2.19 bits per heavy atom. The number of nitrogens with one attached hydrogen (secondary N) is 3. The zero-order valence-corrected chi connectivity index (χ0v) is 65.6. The van der Waals surface area contributed by atoms with E-state index in [0.717, 1.165) is 24.4 Å². The molecule has 10 N–H and O–H groups in total. The predicted molar refractivity (Wildman–Crippen MR) is 397 cm³/mol. The Morgan fingerprint density at radius 2 is 1.55 bits per heavy atom. The lowest BCUT2D eigenvalue weighted by Gasteiger charge is -2.47. The highest BCUT2D eigenvalue weighted by Gasteiger charge is 2.53. The summed E-state index contributed by atoms with van der Waals surface area (Å²) in [6.07, 6.45) is -15.2. The van der Waals surface area contributed by atoms with Crippen LogP contribution in [0.4, 0.5) is 4.79 Å². The highest BCUT2D eigenvalue weighted by molar-refractivity contribution is 8.77. The van der Waals surface area contributed by atoms with E-state index in [2.05, 4.69) is 45.0 Å². The van der Waals surface area contributed by atoms with Crippen LogP contribution in [0.1, 0.15) is 121 Å². The van der Waals surface area contributed by atoms with Crippen LogP contribution in [-0.2, 0) is 66.6 Å². The number of ether oxygens (including phenoxy) is 13. The first-order valence-corrected chi connectivity index (χ1v) is 38.4. The van der Waals surface area contributed by atoms with Gasteiger partial charge in [0.15, 0.2) is 41.8 Å². The zero-order valence-electron chi connectivity index (χ0n) is 63.1. The number of primary amides is 1. The average Bonchev–Trinajstić information content (AvgIpc) is 0.755. The van der Waals surface area contributed by atoms with Gasteiger partial charge in [-0.3, -0.25) is 34.1 Å². The van der Waals surface area contributed by atoms with Crippen LogP contribution in [0, 0.1) is 37.5 Å². The van der Waals surface area contributed by atoms with Crippen molar-refractivity contribution in [3.05, 3.63) is 81.6 Å². The number of carbonyl (C=O) groups excluding carboxylic acids is 6. The summed E-state index contributed by atoms with van der Waals surface area (Å²) >= 11 is 0.800. The minimum absolute atomic E-state index is 0.00141. The molecule has 19 atom stereocenters. The van der Waals surface area contributed by atoms with E-state index in [0.29, 0.717) is 42.2 Å². The Kier molecular flexibility index (Phi) is 31.6. The second-order valence-electron chi connectivity index (χ2n) is 27.1. The van der Waals surface area contributed by atoms with Crippen LogP contribution in [0.25, 0.3) is 0 Å². The van der Waals surface area contributed by atoms with Crippen molar-refractivity contribution in [3.63, 3.8) is 0 Å². The molecule has 0 unspecified atom stereocenters. The number of Topliss-reactive ketones (excluding diaryl/α,β-unsaturated/α-hetero) is 1. The lowest BCUT2D eigenvalue weighted by Crippen LogP contribution is -2.65. The minimum Gasteiger partial charge on any atom is -0.494 e. The number of aliphatic hydroxyl groups excluding tert-OH is 4. The van der Waals surface area contributed by atoms with Crippen LogP contribution in [0.5, 0.6) is 23.0 Å². The molecule has 4 aliphatic heterocycles. The van der Waals surface area contributed by atoms with Crippen molar-refractivity contribution >= 4 is 73.8 Å². The number of hydrogen-bond acceptors (Lipinski definition) is 30. The van der Waals surface area contributed by atoms with Crippen molar-refractivity contribution in [2.45, 2.75) is 228 Å². The summed E-state index contributed by atoms with van der Waals surface area (Å²) in [5.41, 5.74) is 10.3. The van der Waals surface area contributed by atoms with Crippen molar-refractivity contribution < 1.29 is 121 Å². The van der Waals surface area contributed by atoms with Crippen LogP contribution in [0.2, 0.25) is 0 Å². The van der Waals surface area contributed by atoms with Crippen molar-refractivity contribution in [3.8, 4) is 46.7 Å². The molecule has 31 nitrogen and oxygen atoms in total. The molecule has 4 saturated heterocycles. The molecular formula is C74H100N6O25S3. The van der Waals surface area contributed by atoms with E-state index in [1.54, 1.807) is 76.8 Å².